The summed E-state index contributed by atoms with van der Waals surface area (Å²) in [7, 11) is 1.56. The Kier molecular flexibility index (Phi) is 10.6. The van der Waals surface area contributed by atoms with E-state index < -0.39 is 6.04 Å². The van der Waals surface area contributed by atoms with Crippen LogP contribution in [0.25, 0.3) is 0 Å². The topological polar surface area (TPSA) is 78.5 Å². The number of carbonyl (C=O) groups excluding carboxylic acids is 3. The quantitative estimate of drug-likeness (QED) is 0.641. The van der Waals surface area contributed by atoms with Gasteiger partial charge >= 0.3 is 6.03 Å². The van der Waals surface area contributed by atoms with E-state index in [2.05, 4.69) is 24.5 Å². The summed E-state index contributed by atoms with van der Waals surface area (Å²) in [6, 6.07) is 8.68. The van der Waals surface area contributed by atoms with Crippen molar-refractivity contribution in [2.45, 2.75) is 39.7 Å². The van der Waals surface area contributed by atoms with Gasteiger partial charge < -0.3 is 15.5 Å². The first kappa shape index (κ1) is 23.0. The molecular formula is C20H31N3O3S. The summed E-state index contributed by atoms with van der Waals surface area (Å²) in [6.07, 6.45) is 1.29. The van der Waals surface area contributed by atoms with Gasteiger partial charge in [0, 0.05) is 39.2 Å². The molecule has 0 aliphatic heterocycles. The monoisotopic (exact) mass is 393 g/mol. The van der Waals surface area contributed by atoms with Crippen LogP contribution in [0.15, 0.2) is 30.3 Å². The Bertz CT molecular complexity index is 608. The molecule has 7 heteroatoms. The number of urea groups is 1. The average Bonchev–Trinajstić information content (AvgIpc) is 2.63. The second kappa shape index (κ2) is 12.4. The molecule has 0 bridgehead atoms. The number of hydrogen-bond acceptors (Lipinski definition) is 4. The van der Waals surface area contributed by atoms with Crippen molar-refractivity contribution < 1.29 is 14.4 Å². The van der Waals surface area contributed by atoms with Crippen molar-refractivity contribution in [1.82, 2.24) is 15.5 Å². The molecule has 2 N–H and O–H groups in total. The maximum Gasteiger partial charge on any atom is 0.318 e. The van der Waals surface area contributed by atoms with Gasteiger partial charge in [0.1, 0.15) is 6.04 Å². The van der Waals surface area contributed by atoms with Gasteiger partial charge in [-0.05, 0) is 17.9 Å². The number of rotatable bonds is 10. The van der Waals surface area contributed by atoms with Crippen LogP contribution in [0, 0.1) is 5.92 Å². The molecule has 0 aliphatic rings. The fourth-order valence-electron chi connectivity index (χ4n) is 2.50. The summed E-state index contributed by atoms with van der Waals surface area (Å²) in [5.74, 6) is 0.776. The number of nitrogens with zero attached hydrogens (tertiary/aromatic N) is 1. The van der Waals surface area contributed by atoms with Gasteiger partial charge in [-0.1, -0.05) is 55.9 Å². The lowest BCUT2D eigenvalue weighted by Gasteiger charge is -2.26. The van der Waals surface area contributed by atoms with E-state index in [1.165, 1.54) is 18.7 Å². The van der Waals surface area contributed by atoms with Crippen molar-refractivity contribution in [3.05, 3.63) is 35.9 Å². The van der Waals surface area contributed by atoms with Gasteiger partial charge in [-0.25, -0.2) is 4.79 Å². The van der Waals surface area contributed by atoms with Crippen LogP contribution < -0.4 is 10.6 Å². The second-order valence-corrected chi connectivity index (χ2v) is 8.09. The van der Waals surface area contributed by atoms with Crippen molar-refractivity contribution in [3.8, 4) is 0 Å². The van der Waals surface area contributed by atoms with E-state index in [4.69, 9.17) is 0 Å². The van der Waals surface area contributed by atoms with Crippen LogP contribution in [-0.2, 0) is 16.0 Å². The van der Waals surface area contributed by atoms with E-state index in [1.54, 1.807) is 11.9 Å². The molecule has 150 valence electrons. The van der Waals surface area contributed by atoms with Crippen LogP contribution in [0.5, 0.6) is 0 Å². The standard InChI is InChI=1S/C20H31N3O3S/c1-15(2)10-11-23(12-13-27-16(3)24)20(26)22-18(19(25)21-4)14-17-8-6-5-7-9-17/h5-9,15,18H,10-14H2,1-4H3,(H,21,25)(H,22,26)/t18-/m0/s1. The number of hydrogen-bond donors (Lipinski definition) is 2. The molecule has 1 atom stereocenters. The van der Waals surface area contributed by atoms with E-state index in [-0.39, 0.29) is 17.1 Å². The molecule has 0 saturated carbocycles. The Hall–Kier alpha value is -2.02. The molecule has 0 spiro atoms. The van der Waals surface area contributed by atoms with Gasteiger partial charge in [-0.15, -0.1) is 0 Å². The molecule has 27 heavy (non-hydrogen) atoms. The second-order valence-electron chi connectivity index (χ2n) is 6.82. The fraction of sp³-hybridized carbons (Fsp3) is 0.550. The molecule has 6 nitrogen and oxygen atoms in total. The summed E-state index contributed by atoms with van der Waals surface area (Å²) in [6.45, 7) is 6.78. The van der Waals surface area contributed by atoms with Gasteiger partial charge in [-0.2, -0.15) is 0 Å². The summed E-state index contributed by atoms with van der Waals surface area (Å²) >= 11 is 1.20. The average molecular weight is 394 g/mol. The Morgan fingerprint density at radius 1 is 1.11 bits per heavy atom. The summed E-state index contributed by atoms with van der Waals surface area (Å²) in [5.41, 5.74) is 0.979. The molecule has 1 rings (SSSR count). The summed E-state index contributed by atoms with van der Waals surface area (Å²) < 4.78 is 0. The summed E-state index contributed by atoms with van der Waals surface area (Å²) in [4.78, 5) is 37.9. The zero-order valence-electron chi connectivity index (χ0n) is 16.7. The first-order chi connectivity index (χ1) is 12.8. The van der Waals surface area contributed by atoms with Crippen LogP contribution in [0.1, 0.15) is 32.8 Å². The number of benzene rings is 1. The molecule has 0 heterocycles. The maximum atomic E-state index is 12.8. The molecule has 0 aliphatic carbocycles. The van der Waals surface area contributed by atoms with E-state index in [0.717, 1.165) is 12.0 Å². The molecule has 0 aromatic heterocycles. The maximum absolute atomic E-state index is 12.8. The number of carbonyl (C=O) groups is 3. The molecule has 1 aromatic rings. The van der Waals surface area contributed by atoms with Crippen LogP contribution in [-0.4, -0.2) is 53.9 Å². The lowest BCUT2D eigenvalue weighted by molar-refractivity contribution is -0.122. The minimum absolute atomic E-state index is 0.0338. The third kappa shape index (κ3) is 9.47. The number of thioether (sulfide) groups is 1. The van der Waals surface area contributed by atoms with Crippen LogP contribution in [0.4, 0.5) is 4.79 Å². The van der Waals surface area contributed by atoms with E-state index in [1.807, 2.05) is 30.3 Å². The predicted octanol–water partition coefficient (Wildman–Crippen LogP) is 2.68. The van der Waals surface area contributed by atoms with Crippen LogP contribution in [0.2, 0.25) is 0 Å². The summed E-state index contributed by atoms with van der Waals surface area (Å²) in [5, 5.41) is 5.51. The minimum Gasteiger partial charge on any atom is -0.357 e. The Morgan fingerprint density at radius 3 is 2.33 bits per heavy atom. The van der Waals surface area contributed by atoms with Crippen molar-refractivity contribution in [2.24, 2.45) is 5.92 Å². The number of amides is 3. The number of nitrogens with one attached hydrogen (secondary N) is 2. The number of likely N-dealkylation sites (N-methyl/N-ethyl adjacent to an activating group) is 1. The molecule has 3 amide bonds. The normalized spacial score (nSPS) is 11.7. The zero-order valence-corrected chi connectivity index (χ0v) is 17.5. The first-order valence-corrected chi connectivity index (χ1v) is 10.3. The Balaban J connectivity index is 2.78. The highest BCUT2D eigenvalue weighted by molar-refractivity contribution is 8.13. The van der Waals surface area contributed by atoms with Gasteiger partial charge in [0.15, 0.2) is 5.12 Å². The minimum atomic E-state index is -0.646. The van der Waals surface area contributed by atoms with Gasteiger partial charge in [0.25, 0.3) is 0 Å². The van der Waals surface area contributed by atoms with Crippen LogP contribution in [0.3, 0.4) is 0 Å². The SMILES string of the molecule is CNC(=O)[C@H](Cc1ccccc1)NC(=O)N(CCSC(C)=O)CCC(C)C. The molecular weight excluding hydrogens is 362 g/mol. The molecule has 0 unspecified atom stereocenters. The smallest absolute Gasteiger partial charge is 0.318 e. The highest BCUT2D eigenvalue weighted by Crippen LogP contribution is 2.08. The Labute approximate surface area is 166 Å². The van der Waals surface area contributed by atoms with Crippen LogP contribution >= 0.6 is 11.8 Å². The van der Waals surface area contributed by atoms with Crippen molar-refractivity contribution in [3.63, 3.8) is 0 Å². The molecule has 0 fully saturated rings. The third-order valence-electron chi connectivity index (χ3n) is 4.07. The lowest BCUT2D eigenvalue weighted by atomic mass is 10.1. The van der Waals surface area contributed by atoms with Gasteiger partial charge in [0.05, 0.1) is 0 Å². The van der Waals surface area contributed by atoms with E-state index in [0.29, 0.717) is 31.2 Å². The van der Waals surface area contributed by atoms with Crippen molar-refractivity contribution >= 4 is 28.8 Å². The molecule has 0 radical (unpaired) electrons. The third-order valence-corrected chi connectivity index (χ3v) is 4.87. The van der Waals surface area contributed by atoms with E-state index >= 15 is 0 Å². The van der Waals surface area contributed by atoms with Gasteiger partial charge in [-0.3, -0.25) is 9.59 Å². The zero-order chi connectivity index (χ0) is 20.2. The fourth-order valence-corrected chi connectivity index (χ4v) is 3.10. The Morgan fingerprint density at radius 2 is 1.78 bits per heavy atom. The predicted molar refractivity (Wildman–Crippen MR) is 111 cm³/mol. The lowest BCUT2D eigenvalue weighted by Crippen LogP contribution is -2.52. The van der Waals surface area contributed by atoms with E-state index in [9.17, 15) is 14.4 Å². The van der Waals surface area contributed by atoms with Crippen molar-refractivity contribution in [1.29, 1.82) is 0 Å². The van der Waals surface area contributed by atoms with Crippen molar-refractivity contribution in [2.75, 3.05) is 25.9 Å². The largest absolute Gasteiger partial charge is 0.357 e. The first-order valence-electron chi connectivity index (χ1n) is 9.27. The molecule has 1 aromatic carbocycles. The van der Waals surface area contributed by atoms with Gasteiger partial charge in [0.2, 0.25) is 5.91 Å². The molecule has 0 saturated heterocycles. The highest BCUT2D eigenvalue weighted by Gasteiger charge is 2.23. The highest BCUT2D eigenvalue weighted by atomic mass is 32.2.